The molecule has 188 valence electrons. The fraction of sp³-hybridized carbons (Fsp3) is 0.345. The number of urea groups is 1. The Morgan fingerprint density at radius 3 is 2.44 bits per heavy atom. The van der Waals surface area contributed by atoms with Crippen molar-refractivity contribution >= 4 is 29.0 Å². The molecule has 1 spiro atoms. The van der Waals surface area contributed by atoms with Gasteiger partial charge in [0.1, 0.15) is 17.1 Å². The van der Waals surface area contributed by atoms with E-state index >= 15 is 0 Å². The summed E-state index contributed by atoms with van der Waals surface area (Å²) >= 11 is 5.96. The number of amides is 2. The van der Waals surface area contributed by atoms with Gasteiger partial charge in [-0.05, 0) is 49.4 Å². The molecule has 6 nitrogen and oxygen atoms in total. The lowest BCUT2D eigenvalue weighted by Gasteiger charge is -2.41. The van der Waals surface area contributed by atoms with Crippen molar-refractivity contribution < 1.29 is 14.3 Å². The molecule has 0 unspecified atom stereocenters. The van der Waals surface area contributed by atoms with Crippen LogP contribution in [0.4, 0.5) is 16.2 Å². The predicted octanol–water partition coefficient (Wildman–Crippen LogP) is 6.59. The summed E-state index contributed by atoms with van der Waals surface area (Å²) in [6.45, 7) is 5.57. The number of hydrogen-bond donors (Lipinski definition) is 1. The van der Waals surface area contributed by atoms with Gasteiger partial charge in [-0.1, -0.05) is 41.9 Å². The van der Waals surface area contributed by atoms with Crippen molar-refractivity contribution in [3.05, 3.63) is 83.4 Å². The molecule has 3 aromatic carbocycles. The highest BCUT2D eigenvalue weighted by molar-refractivity contribution is 6.30. The van der Waals surface area contributed by atoms with E-state index in [1.807, 2.05) is 42.2 Å². The molecule has 7 heteroatoms. The number of nitrogens with zero attached hydrogens (tertiary/aromatic N) is 2. The first-order valence-corrected chi connectivity index (χ1v) is 13.0. The molecule has 2 amide bonds. The molecule has 1 fully saturated rings. The first-order chi connectivity index (χ1) is 17.5. The van der Waals surface area contributed by atoms with Gasteiger partial charge in [0.15, 0.2) is 0 Å². The van der Waals surface area contributed by atoms with E-state index in [-0.39, 0.29) is 11.6 Å². The molecular formula is C29H32ClN3O3. The molecule has 3 aromatic rings. The van der Waals surface area contributed by atoms with E-state index in [4.69, 9.17) is 21.1 Å². The first-order valence-electron chi connectivity index (χ1n) is 12.6. The number of nitrogens with one attached hydrogen (secondary N) is 1. The third-order valence-corrected chi connectivity index (χ3v) is 7.31. The number of likely N-dealkylation sites (tertiary alicyclic amines) is 1. The third kappa shape index (κ3) is 5.39. The highest BCUT2D eigenvalue weighted by atomic mass is 35.5. The van der Waals surface area contributed by atoms with Crippen molar-refractivity contribution in [1.29, 1.82) is 0 Å². The van der Waals surface area contributed by atoms with Gasteiger partial charge in [0.2, 0.25) is 0 Å². The lowest BCUT2D eigenvalue weighted by atomic mass is 9.87. The molecule has 36 heavy (non-hydrogen) atoms. The second-order valence-electron chi connectivity index (χ2n) is 9.39. The van der Waals surface area contributed by atoms with E-state index in [1.165, 1.54) is 5.56 Å². The Kier molecular flexibility index (Phi) is 7.23. The van der Waals surface area contributed by atoms with E-state index in [9.17, 15) is 4.79 Å². The Labute approximate surface area is 217 Å². The maximum absolute atomic E-state index is 12.9. The molecule has 0 atom stereocenters. The summed E-state index contributed by atoms with van der Waals surface area (Å²) < 4.78 is 12.6. The summed E-state index contributed by atoms with van der Waals surface area (Å²) in [6, 6.07) is 23.6. The zero-order chi connectivity index (χ0) is 25.0. The second kappa shape index (κ2) is 10.7. The van der Waals surface area contributed by atoms with Gasteiger partial charge in [-0.2, -0.15) is 0 Å². The fourth-order valence-electron chi connectivity index (χ4n) is 5.05. The Bertz CT molecular complexity index is 1190. The third-order valence-electron chi connectivity index (χ3n) is 7.06. The minimum absolute atomic E-state index is 0.0876. The van der Waals surface area contributed by atoms with Crippen LogP contribution in [-0.2, 0) is 6.54 Å². The van der Waals surface area contributed by atoms with E-state index in [0.29, 0.717) is 24.7 Å². The lowest BCUT2D eigenvalue weighted by Crippen LogP contribution is -2.51. The molecule has 0 aliphatic carbocycles. The van der Waals surface area contributed by atoms with Crippen molar-refractivity contribution in [1.82, 2.24) is 4.90 Å². The monoisotopic (exact) mass is 505 g/mol. The zero-order valence-electron chi connectivity index (χ0n) is 20.6. The van der Waals surface area contributed by atoms with Gasteiger partial charge in [0.25, 0.3) is 0 Å². The summed E-state index contributed by atoms with van der Waals surface area (Å²) in [5.41, 5.74) is 2.72. The van der Waals surface area contributed by atoms with Crippen molar-refractivity contribution in [2.45, 2.75) is 38.3 Å². The molecule has 2 aliphatic rings. The molecule has 2 aliphatic heterocycles. The summed E-state index contributed by atoms with van der Waals surface area (Å²) in [4.78, 5) is 17.1. The minimum atomic E-state index is -0.290. The summed E-state index contributed by atoms with van der Waals surface area (Å²) in [7, 11) is 0. The van der Waals surface area contributed by atoms with Crippen LogP contribution >= 0.6 is 11.6 Å². The van der Waals surface area contributed by atoms with Crippen LogP contribution in [0.3, 0.4) is 0 Å². The maximum atomic E-state index is 12.9. The number of anilines is 2. The number of fused-ring (bicyclic) bond motifs is 1. The number of carbonyl (C=O) groups excluding carboxylic acids is 1. The van der Waals surface area contributed by atoms with Crippen molar-refractivity contribution in [3.8, 4) is 11.5 Å². The Morgan fingerprint density at radius 2 is 1.67 bits per heavy atom. The molecule has 0 bridgehead atoms. The number of benzene rings is 3. The topological polar surface area (TPSA) is 54.0 Å². The van der Waals surface area contributed by atoms with Crippen LogP contribution in [0.2, 0.25) is 5.02 Å². The van der Waals surface area contributed by atoms with E-state index in [0.717, 1.165) is 55.2 Å². The van der Waals surface area contributed by atoms with Crippen LogP contribution in [-0.4, -0.2) is 42.8 Å². The maximum Gasteiger partial charge on any atom is 0.321 e. The Hall–Kier alpha value is -3.38. The average molecular weight is 506 g/mol. The van der Waals surface area contributed by atoms with Gasteiger partial charge in [-0.15, -0.1) is 0 Å². The number of rotatable bonds is 5. The highest BCUT2D eigenvalue weighted by Gasteiger charge is 2.40. The molecule has 1 N–H and O–H groups in total. The SMILES string of the molecule is CCOc1ccccc1CN1CCC2(CCN(C(=O)Nc3ccc(Cl)cc3)CC2)Oc2ccccc21. The molecule has 0 saturated carbocycles. The summed E-state index contributed by atoms with van der Waals surface area (Å²) in [6.07, 6.45) is 2.47. The number of hydrogen-bond acceptors (Lipinski definition) is 4. The van der Waals surface area contributed by atoms with Gasteiger partial charge in [0, 0.05) is 61.7 Å². The minimum Gasteiger partial charge on any atom is -0.494 e. The quantitative estimate of drug-likeness (QED) is 0.424. The Morgan fingerprint density at radius 1 is 0.972 bits per heavy atom. The molecule has 0 radical (unpaired) electrons. The fourth-order valence-corrected chi connectivity index (χ4v) is 5.18. The van der Waals surface area contributed by atoms with E-state index in [2.05, 4.69) is 40.5 Å². The van der Waals surface area contributed by atoms with Gasteiger partial charge in [-0.25, -0.2) is 4.79 Å². The van der Waals surface area contributed by atoms with Crippen LogP contribution in [0.5, 0.6) is 11.5 Å². The van der Waals surface area contributed by atoms with Crippen LogP contribution in [0.1, 0.15) is 31.7 Å². The lowest BCUT2D eigenvalue weighted by molar-refractivity contribution is 0.0110. The van der Waals surface area contributed by atoms with Crippen LogP contribution in [0, 0.1) is 0 Å². The van der Waals surface area contributed by atoms with Crippen molar-refractivity contribution in [2.24, 2.45) is 0 Å². The van der Waals surface area contributed by atoms with Gasteiger partial charge in [-0.3, -0.25) is 0 Å². The van der Waals surface area contributed by atoms with Crippen LogP contribution < -0.4 is 19.7 Å². The van der Waals surface area contributed by atoms with Crippen molar-refractivity contribution in [2.75, 3.05) is 36.5 Å². The standard InChI is InChI=1S/C29H32ClN3O3/c1-2-35-26-9-5-3-7-22(26)21-33-20-17-29(36-27-10-6-4-8-25(27)33)15-18-32(19-16-29)28(34)31-24-13-11-23(30)12-14-24/h3-14H,2,15-21H2,1H3,(H,31,34). The number of para-hydroxylation sites is 3. The smallest absolute Gasteiger partial charge is 0.321 e. The first kappa shape index (κ1) is 24.3. The van der Waals surface area contributed by atoms with Crippen molar-refractivity contribution in [3.63, 3.8) is 0 Å². The average Bonchev–Trinajstić information content (AvgIpc) is 3.04. The van der Waals surface area contributed by atoms with Gasteiger partial charge >= 0.3 is 6.03 Å². The van der Waals surface area contributed by atoms with E-state index < -0.39 is 0 Å². The molecule has 2 heterocycles. The largest absolute Gasteiger partial charge is 0.494 e. The van der Waals surface area contributed by atoms with Gasteiger partial charge in [0.05, 0.1) is 12.3 Å². The molecular weight excluding hydrogens is 474 g/mol. The number of halogens is 1. The molecule has 0 aromatic heterocycles. The molecule has 1 saturated heterocycles. The van der Waals surface area contributed by atoms with Gasteiger partial charge < -0.3 is 24.6 Å². The number of carbonyl (C=O) groups is 1. The highest BCUT2D eigenvalue weighted by Crippen LogP contribution is 2.41. The molecule has 5 rings (SSSR count). The number of ether oxygens (including phenoxy) is 2. The van der Waals surface area contributed by atoms with E-state index in [1.54, 1.807) is 12.1 Å². The van der Waals surface area contributed by atoms with Crippen LogP contribution in [0.25, 0.3) is 0 Å². The second-order valence-corrected chi connectivity index (χ2v) is 9.83. The summed E-state index contributed by atoms with van der Waals surface area (Å²) in [5.74, 6) is 1.83. The zero-order valence-corrected chi connectivity index (χ0v) is 21.3. The number of piperidine rings is 1. The normalized spacial score (nSPS) is 16.6. The predicted molar refractivity (Wildman–Crippen MR) is 144 cm³/mol. The Balaban J connectivity index is 1.28. The summed E-state index contributed by atoms with van der Waals surface area (Å²) in [5, 5.41) is 3.62. The van der Waals surface area contributed by atoms with Crippen LogP contribution in [0.15, 0.2) is 72.8 Å².